The molecule has 0 unspecified atom stereocenters. The van der Waals surface area contributed by atoms with Crippen molar-refractivity contribution in [1.82, 2.24) is 9.88 Å². The van der Waals surface area contributed by atoms with E-state index in [1.54, 1.807) is 12.4 Å². The molecule has 0 radical (unpaired) electrons. The fourth-order valence-corrected chi connectivity index (χ4v) is 0.957. The van der Waals surface area contributed by atoms with Gasteiger partial charge in [-0.25, -0.2) is 0 Å². The van der Waals surface area contributed by atoms with Gasteiger partial charge in [0.05, 0.1) is 5.56 Å². The van der Waals surface area contributed by atoms with Gasteiger partial charge in [0.25, 0.3) is 0 Å². The second-order valence-corrected chi connectivity index (χ2v) is 2.96. The van der Waals surface area contributed by atoms with Crippen LogP contribution in [0.4, 0.5) is 0 Å². The van der Waals surface area contributed by atoms with Crippen LogP contribution in [0.1, 0.15) is 18.1 Å². The molecule has 3 heteroatoms. The van der Waals surface area contributed by atoms with Gasteiger partial charge in [-0.3, -0.25) is 4.98 Å². The first-order valence-corrected chi connectivity index (χ1v) is 4.50. The van der Waals surface area contributed by atoms with Crippen molar-refractivity contribution in [2.45, 2.75) is 6.92 Å². The molecule has 0 aliphatic heterocycles. The van der Waals surface area contributed by atoms with E-state index in [-0.39, 0.29) is 0 Å². The third-order valence-electron chi connectivity index (χ3n) is 1.98. The summed E-state index contributed by atoms with van der Waals surface area (Å²) in [5, 5.41) is 8.80. The zero-order chi connectivity index (χ0) is 10.4. The topological polar surface area (TPSA) is 39.9 Å². The van der Waals surface area contributed by atoms with Crippen molar-refractivity contribution in [1.29, 1.82) is 5.26 Å². The number of hydrogen-bond acceptors (Lipinski definition) is 3. The van der Waals surface area contributed by atoms with Crippen molar-refractivity contribution in [3.05, 3.63) is 35.8 Å². The lowest BCUT2D eigenvalue weighted by Gasteiger charge is -2.09. The first-order valence-electron chi connectivity index (χ1n) is 4.50. The van der Waals surface area contributed by atoms with E-state index >= 15 is 0 Å². The van der Waals surface area contributed by atoms with Crippen LogP contribution in [0, 0.1) is 11.3 Å². The smallest absolute Gasteiger partial charge is 0.101 e. The molecule has 0 aliphatic rings. The maximum Gasteiger partial charge on any atom is 0.101 e. The molecule has 0 atom stereocenters. The van der Waals surface area contributed by atoms with E-state index in [4.69, 9.17) is 5.26 Å². The quantitative estimate of drug-likeness (QED) is 0.725. The van der Waals surface area contributed by atoms with Crippen LogP contribution >= 0.6 is 0 Å². The molecule has 0 spiro atoms. The molecule has 0 amide bonds. The van der Waals surface area contributed by atoms with Gasteiger partial charge in [-0.2, -0.15) is 5.26 Å². The highest BCUT2D eigenvalue weighted by Gasteiger charge is 1.96. The molecule has 0 saturated heterocycles. The van der Waals surface area contributed by atoms with E-state index in [1.165, 1.54) is 0 Å². The predicted molar refractivity (Wildman–Crippen MR) is 56.3 cm³/mol. The normalized spacial score (nSPS) is 10.1. The zero-order valence-corrected chi connectivity index (χ0v) is 8.44. The number of nitrogens with zero attached hydrogens (tertiary/aromatic N) is 3. The van der Waals surface area contributed by atoms with Crippen molar-refractivity contribution >= 4 is 6.08 Å². The highest BCUT2D eigenvalue weighted by molar-refractivity contribution is 5.56. The highest BCUT2D eigenvalue weighted by atomic mass is 15.1. The van der Waals surface area contributed by atoms with E-state index in [1.807, 2.05) is 30.3 Å². The zero-order valence-electron chi connectivity index (χ0n) is 8.44. The summed E-state index contributed by atoms with van der Waals surface area (Å²) in [4.78, 5) is 5.94. The molecule has 1 aromatic rings. The number of rotatable bonds is 3. The predicted octanol–water partition coefficient (Wildman–Crippen LogP) is 1.88. The van der Waals surface area contributed by atoms with Crippen LogP contribution in [0.3, 0.4) is 0 Å². The number of pyridine rings is 1. The van der Waals surface area contributed by atoms with Gasteiger partial charge in [-0.05, 0) is 30.8 Å². The van der Waals surface area contributed by atoms with Crippen molar-refractivity contribution in [2.24, 2.45) is 0 Å². The Bertz CT molecular complexity index is 363. The van der Waals surface area contributed by atoms with Gasteiger partial charge in [0, 0.05) is 26.0 Å². The van der Waals surface area contributed by atoms with E-state index in [0.29, 0.717) is 5.56 Å². The van der Waals surface area contributed by atoms with Crippen LogP contribution in [-0.4, -0.2) is 23.5 Å². The Morgan fingerprint density at radius 1 is 1.64 bits per heavy atom. The fraction of sp³-hybridized carbons (Fsp3) is 0.273. The molecule has 1 heterocycles. The van der Waals surface area contributed by atoms with Crippen LogP contribution in [0.15, 0.2) is 24.7 Å². The molecule has 14 heavy (non-hydrogen) atoms. The summed E-state index contributed by atoms with van der Waals surface area (Å²) in [5.74, 6) is 0. The first-order chi connectivity index (χ1) is 6.77. The summed E-state index contributed by atoms with van der Waals surface area (Å²) in [5.41, 5.74) is 1.51. The van der Waals surface area contributed by atoms with Crippen molar-refractivity contribution in [3.8, 4) is 6.07 Å². The van der Waals surface area contributed by atoms with E-state index in [2.05, 4.69) is 18.0 Å². The lowest BCUT2D eigenvalue weighted by atomic mass is 10.1. The number of nitriles is 1. The second kappa shape index (κ2) is 5.03. The van der Waals surface area contributed by atoms with Gasteiger partial charge >= 0.3 is 0 Å². The van der Waals surface area contributed by atoms with Crippen LogP contribution in [0.5, 0.6) is 0 Å². The fourth-order valence-electron chi connectivity index (χ4n) is 0.957. The van der Waals surface area contributed by atoms with Gasteiger partial charge in [0.2, 0.25) is 0 Å². The van der Waals surface area contributed by atoms with E-state index < -0.39 is 0 Å². The van der Waals surface area contributed by atoms with Gasteiger partial charge in [0.1, 0.15) is 6.07 Å². The molecule has 72 valence electrons. The molecular formula is C11H13N3. The Morgan fingerprint density at radius 2 is 2.43 bits per heavy atom. The van der Waals surface area contributed by atoms with Crippen molar-refractivity contribution in [2.75, 3.05) is 13.6 Å². The Kier molecular flexibility index (Phi) is 3.69. The molecule has 0 fully saturated rings. The summed E-state index contributed by atoms with van der Waals surface area (Å²) < 4.78 is 0. The van der Waals surface area contributed by atoms with Gasteiger partial charge in [-0.15, -0.1) is 0 Å². The summed E-state index contributed by atoms with van der Waals surface area (Å²) in [6.45, 7) is 3.02. The minimum absolute atomic E-state index is 0.605. The molecule has 0 saturated carbocycles. The van der Waals surface area contributed by atoms with Crippen LogP contribution < -0.4 is 0 Å². The van der Waals surface area contributed by atoms with E-state index in [9.17, 15) is 0 Å². The number of aromatic nitrogens is 1. The largest absolute Gasteiger partial charge is 0.381 e. The van der Waals surface area contributed by atoms with Gasteiger partial charge < -0.3 is 4.90 Å². The second-order valence-electron chi connectivity index (χ2n) is 2.96. The van der Waals surface area contributed by atoms with Gasteiger partial charge in [0.15, 0.2) is 0 Å². The van der Waals surface area contributed by atoms with Gasteiger partial charge in [-0.1, -0.05) is 0 Å². The first kappa shape index (κ1) is 10.3. The maximum absolute atomic E-state index is 8.80. The van der Waals surface area contributed by atoms with E-state index in [0.717, 1.165) is 12.1 Å². The Balaban J connectivity index is 2.87. The monoisotopic (exact) mass is 187 g/mol. The average molecular weight is 187 g/mol. The molecule has 1 aromatic heterocycles. The standard InChI is InChI=1S/C11H13N3/c1-3-14(2)7-5-10-4-6-13-9-11(10)8-12/h4-7,9H,3H2,1-2H3/b7-5+. The lowest BCUT2D eigenvalue weighted by molar-refractivity contribution is 0.487. The Labute approximate surface area is 84.3 Å². The van der Waals surface area contributed by atoms with Crippen molar-refractivity contribution < 1.29 is 0 Å². The Morgan fingerprint density at radius 3 is 3.07 bits per heavy atom. The van der Waals surface area contributed by atoms with Crippen LogP contribution in [0.25, 0.3) is 6.08 Å². The molecule has 1 rings (SSSR count). The van der Waals surface area contributed by atoms with Crippen LogP contribution in [0.2, 0.25) is 0 Å². The SMILES string of the molecule is CCN(C)/C=C/c1ccncc1C#N. The number of hydrogen-bond donors (Lipinski definition) is 0. The maximum atomic E-state index is 8.80. The molecule has 3 nitrogen and oxygen atoms in total. The third-order valence-corrected chi connectivity index (χ3v) is 1.98. The minimum atomic E-state index is 0.605. The minimum Gasteiger partial charge on any atom is -0.381 e. The summed E-state index contributed by atoms with van der Waals surface area (Å²) >= 11 is 0. The summed E-state index contributed by atoms with van der Waals surface area (Å²) in [6, 6.07) is 3.94. The third kappa shape index (κ3) is 2.60. The summed E-state index contributed by atoms with van der Waals surface area (Å²) in [6.07, 6.45) is 7.14. The molecule has 0 bridgehead atoms. The highest BCUT2D eigenvalue weighted by Crippen LogP contribution is 2.07. The molecular weight excluding hydrogens is 174 g/mol. The van der Waals surface area contributed by atoms with Crippen molar-refractivity contribution in [3.63, 3.8) is 0 Å². The molecule has 0 aliphatic carbocycles. The lowest BCUT2D eigenvalue weighted by Crippen LogP contribution is -2.08. The van der Waals surface area contributed by atoms with Crippen LogP contribution in [-0.2, 0) is 0 Å². The average Bonchev–Trinajstić information content (AvgIpc) is 2.26. The molecule has 0 aromatic carbocycles. The summed E-state index contributed by atoms with van der Waals surface area (Å²) in [7, 11) is 1.99. The Hall–Kier alpha value is -1.82. The molecule has 0 N–H and O–H groups in total.